The molecule has 188 valence electrons. The number of nitrogens with zero attached hydrogens (tertiary/aromatic N) is 3. The number of hydrogen-bond acceptors (Lipinski definition) is 7. The summed E-state index contributed by atoms with van der Waals surface area (Å²) in [7, 11) is 0. The van der Waals surface area contributed by atoms with E-state index >= 15 is 0 Å². The Bertz CT molecular complexity index is 1230. The predicted octanol–water partition coefficient (Wildman–Crippen LogP) is 3.00. The number of carbonyl (C=O) groups excluding carboxylic acids is 2. The smallest absolute Gasteiger partial charge is 0.253 e. The molecular weight excluding hydrogens is 485 g/mol. The highest BCUT2D eigenvalue weighted by molar-refractivity contribution is 6.30. The minimum Gasteiger partial charge on any atom is -0.353 e. The van der Waals surface area contributed by atoms with Gasteiger partial charge in [0.25, 0.3) is 5.91 Å². The number of aromatic nitrogens is 1. The van der Waals surface area contributed by atoms with Crippen LogP contribution < -0.4 is 21.3 Å². The Hall–Kier alpha value is -3.71. The first-order valence-corrected chi connectivity index (χ1v) is 12.1. The van der Waals surface area contributed by atoms with Gasteiger partial charge in [-0.25, -0.2) is 9.38 Å². The molecule has 1 aliphatic heterocycles. The number of nitrogens with one attached hydrogen (secondary N) is 4. The minimum atomic E-state index is -1.03. The van der Waals surface area contributed by atoms with Crippen LogP contribution in [0.2, 0.25) is 5.02 Å². The van der Waals surface area contributed by atoms with Gasteiger partial charge in [0.1, 0.15) is 6.17 Å². The molecular formula is C25H27ClFN7O2. The Morgan fingerprint density at radius 1 is 1.31 bits per heavy atom. The number of pyridine rings is 1. The normalized spacial score (nSPS) is 18.6. The van der Waals surface area contributed by atoms with Crippen molar-refractivity contribution >= 4 is 35.1 Å². The van der Waals surface area contributed by atoms with Crippen molar-refractivity contribution in [3.8, 4) is 6.07 Å². The maximum atomic E-state index is 13.2. The molecule has 0 radical (unpaired) electrons. The van der Waals surface area contributed by atoms with Gasteiger partial charge in [0.05, 0.1) is 54.6 Å². The third kappa shape index (κ3) is 6.10. The lowest BCUT2D eigenvalue weighted by molar-refractivity contribution is -0.120. The number of carbonyl (C=O) groups is 2. The topological polar surface area (TPSA) is 131 Å². The zero-order valence-corrected chi connectivity index (χ0v) is 20.5. The van der Waals surface area contributed by atoms with Crippen molar-refractivity contribution in [1.29, 1.82) is 5.26 Å². The Balaban J connectivity index is 1.34. The van der Waals surface area contributed by atoms with E-state index in [9.17, 15) is 19.2 Å². The minimum absolute atomic E-state index is 0.0620. The van der Waals surface area contributed by atoms with Crippen molar-refractivity contribution in [2.75, 3.05) is 25.0 Å². The number of anilines is 1. The fourth-order valence-electron chi connectivity index (χ4n) is 3.98. The SMILES string of the molecule is CCC(NC(=O)CNC(=O)c1cncc(NC2=NCC(F)CN2)c1)c1cc(Cl)cc(C2(C#N)CC2)c1. The molecule has 1 aliphatic carbocycles. The highest BCUT2D eigenvalue weighted by Crippen LogP contribution is 2.48. The van der Waals surface area contributed by atoms with Crippen LogP contribution in [0.1, 0.15) is 53.7 Å². The van der Waals surface area contributed by atoms with Crippen LogP contribution >= 0.6 is 11.6 Å². The molecule has 2 amide bonds. The highest BCUT2D eigenvalue weighted by atomic mass is 35.5. The molecule has 4 N–H and O–H groups in total. The summed E-state index contributed by atoms with van der Waals surface area (Å²) in [6.45, 7) is 1.93. The Morgan fingerprint density at radius 3 is 2.78 bits per heavy atom. The van der Waals surface area contributed by atoms with Gasteiger partial charge in [-0.05, 0) is 48.6 Å². The van der Waals surface area contributed by atoms with Crippen LogP contribution in [0.5, 0.6) is 0 Å². The number of halogens is 2. The standard InChI is InChI=1S/C25H27ClFN7O2/c1-2-21(15-5-17(8-18(26)6-15)25(14-28)3-4-25)34-22(35)13-30-23(36)16-7-20(12-29-9-16)33-24-31-10-19(27)11-32-24/h5-9,12,19,21H,2-4,10-11,13H2,1H3,(H,30,36)(H,34,35)(H2,31,32,33). The second-order valence-electron chi connectivity index (χ2n) is 8.93. The van der Waals surface area contributed by atoms with Crippen LogP contribution in [0.25, 0.3) is 0 Å². The zero-order valence-electron chi connectivity index (χ0n) is 19.8. The van der Waals surface area contributed by atoms with Crippen molar-refractivity contribution in [3.05, 3.63) is 58.4 Å². The van der Waals surface area contributed by atoms with Crippen molar-refractivity contribution in [2.24, 2.45) is 4.99 Å². The van der Waals surface area contributed by atoms with E-state index in [0.717, 1.165) is 24.0 Å². The summed E-state index contributed by atoms with van der Waals surface area (Å²) in [4.78, 5) is 33.3. The molecule has 1 aromatic carbocycles. The lowest BCUT2D eigenvalue weighted by atomic mass is 9.93. The van der Waals surface area contributed by atoms with Crippen molar-refractivity contribution in [3.63, 3.8) is 0 Å². The molecule has 0 spiro atoms. The van der Waals surface area contributed by atoms with Crippen LogP contribution in [0.3, 0.4) is 0 Å². The zero-order chi connectivity index (χ0) is 25.7. The van der Waals surface area contributed by atoms with E-state index in [4.69, 9.17) is 11.6 Å². The molecule has 9 nitrogen and oxygen atoms in total. The average Bonchev–Trinajstić information content (AvgIpc) is 3.68. The number of aliphatic imine (C=N–C) groups is 1. The number of benzene rings is 1. The average molecular weight is 512 g/mol. The van der Waals surface area contributed by atoms with Gasteiger partial charge in [-0.3, -0.25) is 14.6 Å². The lowest BCUT2D eigenvalue weighted by Crippen LogP contribution is -2.41. The maximum absolute atomic E-state index is 13.2. The fraction of sp³-hybridized carbons (Fsp3) is 0.400. The van der Waals surface area contributed by atoms with E-state index in [1.807, 2.05) is 19.1 Å². The summed E-state index contributed by atoms with van der Waals surface area (Å²) < 4.78 is 13.2. The van der Waals surface area contributed by atoms with E-state index in [2.05, 4.69) is 37.3 Å². The van der Waals surface area contributed by atoms with E-state index in [-0.39, 0.29) is 37.1 Å². The second kappa shape index (κ2) is 10.9. The van der Waals surface area contributed by atoms with Gasteiger partial charge in [0.15, 0.2) is 5.96 Å². The Labute approximate surface area is 213 Å². The quantitative estimate of drug-likeness (QED) is 0.431. The molecule has 2 heterocycles. The van der Waals surface area contributed by atoms with Gasteiger partial charge < -0.3 is 21.3 Å². The van der Waals surface area contributed by atoms with Gasteiger partial charge in [-0.2, -0.15) is 5.26 Å². The van der Waals surface area contributed by atoms with Gasteiger partial charge in [-0.1, -0.05) is 24.6 Å². The summed E-state index contributed by atoms with van der Waals surface area (Å²) in [5.74, 6) is -0.423. The molecule has 2 unspecified atom stereocenters. The Morgan fingerprint density at radius 2 is 2.11 bits per heavy atom. The number of nitriles is 1. The van der Waals surface area contributed by atoms with Crippen LogP contribution in [0.15, 0.2) is 41.7 Å². The molecule has 11 heteroatoms. The first kappa shape index (κ1) is 25.4. The number of hydrogen-bond donors (Lipinski definition) is 4. The monoisotopic (exact) mass is 511 g/mol. The largest absolute Gasteiger partial charge is 0.353 e. The summed E-state index contributed by atoms with van der Waals surface area (Å²) in [5, 5.41) is 21.4. The van der Waals surface area contributed by atoms with Crippen LogP contribution in [-0.4, -0.2) is 48.6 Å². The summed E-state index contributed by atoms with van der Waals surface area (Å²) in [6.07, 6.45) is 4.07. The molecule has 2 atom stereocenters. The van der Waals surface area contributed by atoms with E-state index < -0.39 is 17.5 Å². The van der Waals surface area contributed by atoms with Gasteiger partial charge >= 0.3 is 0 Å². The fourth-order valence-corrected chi connectivity index (χ4v) is 4.22. The van der Waals surface area contributed by atoms with E-state index in [1.165, 1.54) is 12.4 Å². The van der Waals surface area contributed by atoms with Gasteiger partial charge in [0.2, 0.25) is 5.91 Å². The summed E-state index contributed by atoms with van der Waals surface area (Å²) >= 11 is 6.31. The predicted molar refractivity (Wildman–Crippen MR) is 135 cm³/mol. The maximum Gasteiger partial charge on any atom is 0.253 e. The first-order chi connectivity index (χ1) is 17.3. The molecule has 2 aliphatic rings. The van der Waals surface area contributed by atoms with E-state index in [1.54, 1.807) is 12.1 Å². The van der Waals surface area contributed by atoms with Crippen molar-refractivity contribution < 1.29 is 14.0 Å². The lowest BCUT2D eigenvalue weighted by Gasteiger charge is -2.20. The highest BCUT2D eigenvalue weighted by Gasteiger charge is 2.45. The third-order valence-electron chi connectivity index (χ3n) is 6.19. The molecule has 1 aromatic heterocycles. The number of alkyl halides is 1. The molecule has 2 aromatic rings. The summed E-state index contributed by atoms with van der Waals surface area (Å²) in [6, 6.07) is 9.14. The molecule has 1 saturated carbocycles. The first-order valence-electron chi connectivity index (χ1n) is 11.8. The van der Waals surface area contributed by atoms with Crippen LogP contribution in [-0.2, 0) is 10.2 Å². The third-order valence-corrected chi connectivity index (χ3v) is 6.41. The van der Waals surface area contributed by atoms with Crippen molar-refractivity contribution in [2.45, 2.75) is 43.8 Å². The molecule has 0 saturated heterocycles. The molecule has 1 fully saturated rings. The van der Waals surface area contributed by atoms with Crippen LogP contribution in [0.4, 0.5) is 10.1 Å². The van der Waals surface area contributed by atoms with Gasteiger partial charge in [0, 0.05) is 11.2 Å². The van der Waals surface area contributed by atoms with Crippen molar-refractivity contribution in [1.82, 2.24) is 20.9 Å². The van der Waals surface area contributed by atoms with Gasteiger partial charge in [-0.15, -0.1) is 0 Å². The second-order valence-corrected chi connectivity index (χ2v) is 9.37. The summed E-state index contributed by atoms with van der Waals surface area (Å²) in [5.41, 5.74) is 1.97. The molecule has 0 bridgehead atoms. The Kier molecular flexibility index (Phi) is 7.70. The molecule has 36 heavy (non-hydrogen) atoms. The number of guanidine groups is 1. The number of amides is 2. The van der Waals surface area contributed by atoms with E-state index in [0.29, 0.717) is 23.1 Å². The number of rotatable bonds is 8. The molecule has 4 rings (SSSR count). The van der Waals surface area contributed by atoms with Crippen LogP contribution in [0, 0.1) is 11.3 Å².